The molecule has 0 unspecified atom stereocenters. The normalized spacial score (nSPS) is 32.5. The van der Waals surface area contributed by atoms with E-state index in [1.54, 1.807) is 0 Å². The molecule has 58 valence electrons. The molecule has 0 aromatic carbocycles. The zero-order valence-corrected chi connectivity index (χ0v) is 6.55. The summed E-state index contributed by atoms with van der Waals surface area (Å²) in [6.45, 7) is 3.71. The minimum absolute atomic E-state index is 0.486. The Bertz CT molecular complexity index is 109. The molecule has 1 saturated carbocycles. The lowest BCUT2D eigenvalue weighted by Crippen LogP contribution is -2.23. The van der Waals surface area contributed by atoms with Crippen molar-refractivity contribution < 1.29 is 0 Å². The van der Waals surface area contributed by atoms with Gasteiger partial charge in [0.05, 0.1) is 0 Å². The minimum Gasteiger partial charge on any atom is -0.327 e. The lowest BCUT2D eigenvalue weighted by atomic mass is 9.98. The highest BCUT2D eigenvalue weighted by molar-refractivity contribution is 4.82. The highest BCUT2D eigenvalue weighted by atomic mass is 14.7. The summed E-state index contributed by atoms with van der Waals surface area (Å²) in [5, 5.41) is 0. The van der Waals surface area contributed by atoms with Gasteiger partial charge in [-0.05, 0) is 31.6 Å². The van der Waals surface area contributed by atoms with Crippen molar-refractivity contribution in [3.05, 3.63) is 12.7 Å². The van der Waals surface area contributed by atoms with Crippen LogP contribution in [-0.4, -0.2) is 6.04 Å². The van der Waals surface area contributed by atoms with Crippen LogP contribution in [0.4, 0.5) is 0 Å². The molecule has 1 heteroatoms. The number of nitrogens with two attached hydrogens (primary N) is 1. The summed E-state index contributed by atoms with van der Waals surface area (Å²) in [6.07, 6.45) is 8.30. The van der Waals surface area contributed by atoms with E-state index in [4.69, 9.17) is 5.73 Å². The fourth-order valence-corrected chi connectivity index (χ4v) is 1.76. The van der Waals surface area contributed by atoms with E-state index in [2.05, 4.69) is 6.58 Å². The summed E-state index contributed by atoms with van der Waals surface area (Å²) in [5.41, 5.74) is 5.89. The van der Waals surface area contributed by atoms with Crippen molar-refractivity contribution in [2.24, 2.45) is 11.7 Å². The first-order valence-electron chi connectivity index (χ1n) is 4.21. The summed E-state index contributed by atoms with van der Waals surface area (Å²) in [5.74, 6) is 0.790. The van der Waals surface area contributed by atoms with Crippen LogP contribution in [0.2, 0.25) is 0 Å². The van der Waals surface area contributed by atoms with Gasteiger partial charge in [-0.2, -0.15) is 0 Å². The Balaban J connectivity index is 2.19. The predicted octanol–water partition coefficient (Wildman–Crippen LogP) is 2.08. The standard InChI is InChI=1S/C9H17N/c1-2-3-5-8-6-4-7-9(8)10/h2,8-9H,1,3-7,10H2/t8-,9+/m1/s1. The SMILES string of the molecule is C=CCC[C@@H]1CCC[C@@H]1N. The average Bonchev–Trinajstić information content (AvgIpc) is 2.31. The van der Waals surface area contributed by atoms with E-state index >= 15 is 0 Å². The van der Waals surface area contributed by atoms with Crippen LogP contribution >= 0.6 is 0 Å². The molecule has 0 aromatic rings. The van der Waals surface area contributed by atoms with Crippen LogP contribution in [0.1, 0.15) is 32.1 Å². The summed E-state index contributed by atoms with van der Waals surface area (Å²) >= 11 is 0. The molecule has 1 rings (SSSR count). The average molecular weight is 139 g/mol. The molecule has 0 saturated heterocycles. The number of rotatable bonds is 3. The molecule has 0 bridgehead atoms. The minimum atomic E-state index is 0.486. The Labute approximate surface area is 63.3 Å². The fraction of sp³-hybridized carbons (Fsp3) is 0.778. The number of hydrogen-bond donors (Lipinski definition) is 1. The third-order valence-electron chi connectivity index (χ3n) is 2.46. The summed E-state index contributed by atoms with van der Waals surface area (Å²) in [7, 11) is 0. The van der Waals surface area contributed by atoms with E-state index in [1.165, 1.54) is 25.7 Å². The molecule has 0 aromatic heterocycles. The van der Waals surface area contributed by atoms with Crippen molar-refractivity contribution in [2.45, 2.75) is 38.1 Å². The van der Waals surface area contributed by atoms with Crippen LogP contribution in [0.5, 0.6) is 0 Å². The van der Waals surface area contributed by atoms with Gasteiger partial charge < -0.3 is 5.73 Å². The quantitative estimate of drug-likeness (QED) is 0.595. The van der Waals surface area contributed by atoms with Gasteiger partial charge in [-0.25, -0.2) is 0 Å². The first kappa shape index (κ1) is 7.80. The van der Waals surface area contributed by atoms with Crippen molar-refractivity contribution in [3.63, 3.8) is 0 Å². The Morgan fingerprint density at radius 2 is 2.30 bits per heavy atom. The van der Waals surface area contributed by atoms with E-state index in [1.807, 2.05) is 6.08 Å². The van der Waals surface area contributed by atoms with Gasteiger partial charge in [0.15, 0.2) is 0 Å². The molecule has 10 heavy (non-hydrogen) atoms. The largest absolute Gasteiger partial charge is 0.327 e. The second kappa shape index (κ2) is 3.77. The zero-order chi connectivity index (χ0) is 7.40. The Morgan fingerprint density at radius 3 is 2.80 bits per heavy atom. The molecule has 2 atom stereocenters. The summed E-state index contributed by atoms with van der Waals surface area (Å²) < 4.78 is 0. The first-order chi connectivity index (χ1) is 4.84. The topological polar surface area (TPSA) is 26.0 Å². The van der Waals surface area contributed by atoms with Crippen molar-refractivity contribution in [2.75, 3.05) is 0 Å². The monoisotopic (exact) mass is 139 g/mol. The van der Waals surface area contributed by atoms with Crippen molar-refractivity contribution in [3.8, 4) is 0 Å². The Hall–Kier alpha value is -0.300. The van der Waals surface area contributed by atoms with E-state index in [0.717, 1.165) is 12.3 Å². The molecule has 0 amide bonds. The molecule has 0 spiro atoms. The van der Waals surface area contributed by atoms with Gasteiger partial charge in [0.2, 0.25) is 0 Å². The van der Waals surface area contributed by atoms with Crippen LogP contribution < -0.4 is 5.73 Å². The number of allylic oxidation sites excluding steroid dienone is 1. The fourth-order valence-electron chi connectivity index (χ4n) is 1.76. The summed E-state index contributed by atoms with van der Waals surface area (Å²) in [6, 6.07) is 0.486. The molecular weight excluding hydrogens is 122 g/mol. The molecule has 1 aliphatic carbocycles. The molecule has 1 fully saturated rings. The van der Waals surface area contributed by atoms with E-state index in [-0.39, 0.29) is 0 Å². The van der Waals surface area contributed by atoms with Crippen LogP contribution in [-0.2, 0) is 0 Å². The van der Waals surface area contributed by atoms with Crippen LogP contribution in [0, 0.1) is 5.92 Å². The van der Waals surface area contributed by atoms with Crippen molar-refractivity contribution in [1.29, 1.82) is 0 Å². The maximum Gasteiger partial charge on any atom is 0.00672 e. The lowest BCUT2D eigenvalue weighted by molar-refractivity contribution is 0.451. The van der Waals surface area contributed by atoms with Gasteiger partial charge in [-0.1, -0.05) is 12.5 Å². The Morgan fingerprint density at radius 1 is 1.50 bits per heavy atom. The molecule has 0 radical (unpaired) electrons. The molecule has 0 aliphatic heterocycles. The first-order valence-corrected chi connectivity index (χ1v) is 4.21. The van der Waals surface area contributed by atoms with Gasteiger partial charge in [-0.3, -0.25) is 0 Å². The van der Waals surface area contributed by atoms with Gasteiger partial charge in [0, 0.05) is 6.04 Å². The third-order valence-corrected chi connectivity index (χ3v) is 2.46. The van der Waals surface area contributed by atoms with Crippen LogP contribution in [0.3, 0.4) is 0 Å². The zero-order valence-electron chi connectivity index (χ0n) is 6.55. The Kier molecular flexibility index (Phi) is 2.94. The molecule has 2 N–H and O–H groups in total. The molecule has 1 nitrogen and oxygen atoms in total. The van der Waals surface area contributed by atoms with E-state index in [0.29, 0.717) is 6.04 Å². The molecular formula is C9H17N. The maximum absolute atomic E-state index is 5.89. The third kappa shape index (κ3) is 1.84. The van der Waals surface area contributed by atoms with E-state index < -0.39 is 0 Å². The van der Waals surface area contributed by atoms with Gasteiger partial charge >= 0.3 is 0 Å². The van der Waals surface area contributed by atoms with Crippen molar-refractivity contribution in [1.82, 2.24) is 0 Å². The maximum atomic E-state index is 5.89. The second-order valence-corrected chi connectivity index (χ2v) is 3.22. The predicted molar refractivity (Wildman–Crippen MR) is 44.7 cm³/mol. The highest BCUT2D eigenvalue weighted by Crippen LogP contribution is 2.27. The van der Waals surface area contributed by atoms with Gasteiger partial charge in [0.25, 0.3) is 0 Å². The number of hydrogen-bond acceptors (Lipinski definition) is 1. The van der Waals surface area contributed by atoms with Crippen LogP contribution in [0.25, 0.3) is 0 Å². The summed E-state index contributed by atoms with van der Waals surface area (Å²) in [4.78, 5) is 0. The van der Waals surface area contributed by atoms with Gasteiger partial charge in [-0.15, -0.1) is 6.58 Å². The molecule has 1 aliphatic rings. The smallest absolute Gasteiger partial charge is 0.00672 e. The van der Waals surface area contributed by atoms with Gasteiger partial charge in [0.1, 0.15) is 0 Å². The second-order valence-electron chi connectivity index (χ2n) is 3.22. The van der Waals surface area contributed by atoms with Crippen LogP contribution in [0.15, 0.2) is 12.7 Å². The van der Waals surface area contributed by atoms with E-state index in [9.17, 15) is 0 Å². The highest BCUT2D eigenvalue weighted by Gasteiger charge is 2.22. The van der Waals surface area contributed by atoms with Crippen molar-refractivity contribution >= 4 is 0 Å². The molecule has 0 heterocycles. The lowest BCUT2D eigenvalue weighted by Gasteiger charge is -2.12.